The Morgan fingerprint density at radius 1 is 1.20 bits per heavy atom. The zero-order valence-corrected chi connectivity index (χ0v) is 20.9. The molecule has 2 aliphatic heterocycles. The number of ether oxygens (including phenoxy) is 2. The molecule has 1 saturated heterocycles. The Morgan fingerprint density at radius 3 is 2.80 bits per heavy atom. The van der Waals surface area contributed by atoms with Crippen molar-refractivity contribution in [3.05, 3.63) is 63.8 Å². The van der Waals surface area contributed by atoms with Crippen molar-refractivity contribution >= 4 is 28.6 Å². The summed E-state index contributed by atoms with van der Waals surface area (Å²) in [5.41, 5.74) is 5.27. The van der Waals surface area contributed by atoms with Crippen LogP contribution in [0.3, 0.4) is 0 Å². The third-order valence-electron chi connectivity index (χ3n) is 6.86. The highest BCUT2D eigenvalue weighted by Crippen LogP contribution is 2.40. The molecule has 1 atom stereocenters. The minimum absolute atomic E-state index is 0.0791. The molecule has 3 aromatic rings. The normalized spacial score (nSPS) is 18.0. The predicted molar refractivity (Wildman–Crippen MR) is 138 cm³/mol. The van der Waals surface area contributed by atoms with E-state index in [1.807, 2.05) is 24.3 Å². The number of benzene rings is 2. The SMILES string of the molecule is CC#CCOC(=O)N1CCc2c([nH]c3ccc(Cl)cc23)C1c1ccc(OC2CCNCC2)c(C)c1. The molecule has 2 aromatic carbocycles. The van der Waals surface area contributed by atoms with E-state index in [4.69, 9.17) is 21.1 Å². The summed E-state index contributed by atoms with van der Waals surface area (Å²) < 4.78 is 11.8. The average molecular weight is 492 g/mol. The van der Waals surface area contributed by atoms with E-state index >= 15 is 0 Å². The van der Waals surface area contributed by atoms with Gasteiger partial charge in [-0.25, -0.2) is 4.79 Å². The second-order valence-corrected chi connectivity index (χ2v) is 9.56. The van der Waals surface area contributed by atoms with E-state index in [2.05, 4.69) is 41.2 Å². The highest BCUT2D eigenvalue weighted by atomic mass is 35.5. The highest BCUT2D eigenvalue weighted by Gasteiger charge is 2.35. The zero-order valence-electron chi connectivity index (χ0n) is 20.1. The summed E-state index contributed by atoms with van der Waals surface area (Å²) in [4.78, 5) is 18.5. The monoisotopic (exact) mass is 491 g/mol. The van der Waals surface area contributed by atoms with Crippen LogP contribution in [0.1, 0.15) is 48.2 Å². The Balaban J connectivity index is 1.52. The first-order chi connectivity index (χ1) is 17.0. The molecule has 2 aliphatic rings. The predicted octanol–water partition coefficient (Wildman–Crippen LogP) is 5.37. The maximum absolute atomic E-state index is 13.1. The van der Waals surface area contributed by atoms with Gasteiger partial charge in [-0.2, -0.15) is 0 Å². The topological polar surface area (TPSA) is 66.6 Å². The molecule has 6 nitrogen and oxygen atoms in total. The molecular weight excluding hydrogens is 462 g/mol. The first-order valence-corrected chi connectivity index (χ1v) is 12.5. The van der Waals surface area contributed by atoms with Crippen molar-refractivity contribution < 1.29 is 14.3 Å². The summed E-state index contributed by atoms with van der Waals surface area (Å²) in [5.74, 6) is 6.48. The van der Waals surface area contributed by atoms with Gasteiger partial charge in [0.1, 0.15) is 17.9 Å². The lowest BCUT2D eigenvalue weighted by Gasteiger charge is -2.35. The van der Waals surface area contributed by atoms with E-state index in [-0.39, 0.29) is 24.8 Å². The quantitative estimate of drug-likeness (QED) is 0.482. The standard InChI is InChI=1S/C28H30ClN3O3/c1-3-4-15-34-28(33)32-14-11-22-23-17-20(29)6-7-24(23)31-26(22)27(32)19-5-8-25(18(2)16-19)35-21-9-12-30-13-10-21/h5-8,16-17,21,27,30-31H,9-15H2,1-2H3. The zero-order chi connectivity index (χ0) is 24.4. The molecule has 2 N–H and O–H groups in total. The van der Waals surface area contributed by atoms with Crippen LogP contribution in [-0.2, 0) is 11.2 Å². The lowest BCUT2D eigenvalue weighted by atomic mass is 9.92. The summed E-state index contributed by atoms with van der Waals surface area (Å²) in [6.45, 7) is 6.38. The molecule has 1 amide bonds. The molecule has 1 fully saturated rings. The van der Waals surface area contributed by atoms with Gasteiger partial charge in [-0.1, -0.05) is 23.6 Å². The van der Waals surface area contributed by atoms with Crippen LogP contribution in [0.4, 0.5) is 4.79 Å². The van der Waals surface area contributed by atoms with E-state index < -0.39 is 0 Å². The number of carbonyl (C=O) groups excluding carboxylic acids is 1. The lowest BCUT2D eigenvalue weighted by Crippen LogP contribution is -2.41. The minimum atomic E-state index is -0.368. The molecule has 1 aromatic heterocycles. The van der Waals surface area contributed by atoms with E-state index in [1.165, 1.54) is 5.56 Å². The molecule has 1 unspecified atom stereocenters. The van der Waals surface area contributed by atoms with Gasteiger partial charge in [0, 0.05) is 28.2 Å². The van der Waals surface area contributed by atoms with Crippen LogP contribution in [0.25, 0.3) is 10.9 Å². The van der Waals surface area contributed by atoms with Crippen molar-refractivity contribution in [3.8, 4) is 17.6 Å². The summed E-state index contributed by atoms with van der Waals surface area (Å²) in [6.07, 6.45) is 2.59. The Bertz CT molecular complexity index is 1300. The first kappa shape index (κ1) is 23.6. The van der Waals surface area contributed by atoms with Crippen LogP contribution in [0.5, 0.6) is 5.75 Å². The van der Waals surface area contributed by atoms with Crippen molar-refractivity contribution in [2.24, 2.45) is 0 Å². The largest absolute Gasteiger partial charge is 0.490 e. The lowest BCUT2D eigenvalue weighted by molar-refractivity contribution is 0.0992. The van der Waals surface area contributed by atoms with Crippen molar-refractivity contribution in [1.82, 2.24) is 15.2 Å². The van der Waals surface area contributed by atoms with Crippen molar-refractivity contribution in [2.75, 3.05) is 26.2 Å². The maximum Gasteiger partial charge on any atom is 0.411 e. The summed E-state index contributed by atoms with van der Waals surface area (Å²) in [7, 11) is 0. The van der Waals surface area contributed by atoms with Crippen LogP contribution in [0.2, 0.25) is 5.02 Å². The van der Waals surface area contributed by atoms with Crippen LogP contribution in [-0.4, -0.2) is 48.3 Å². The van der Waals surface area contributed by atoms with Gasteiger partial charge in [-0.05, 0) is 93.2 Å². The molecule has 7 heteroatoms. The van der Waals surface area contributed by atoms with Gasteiger partial charge in [0.05, 0.1) is 0 Å². The van der Waals surface area contributed by atoms with Crippen molar-refractivity contribution in [2.45, 2.75) is 45.3 Å². The van der Waals surface area contributed by atoms with E-state index in [9.17, 15) is 4.79 Å². The average Bonchev–Trinajstić information content (AvgIpc) is 3.23. The molecule has 0 radical (unpaired) electrons. The van der Waals surface area contributed by atoms with Gasteiger partial charge in [-0.15, -0.1) is 5.92 Å². The molecule has 0 bridgehead atoms. The number of hydrogen-bond acceptors (Lipinski definition) is 4. The molecule has 0 saturated carbocycles. The number of hydrogen-bond donors (Lipinski definition) is 2. The summed E-state index contributed by atoms with van der Waals surface area (Å²) in [5, 5.41) is 5.18. The Morgan fingerprint density at radius 2 is 2.03 bits per heavy atom. The first-order valence-electron chi connectivity index (χ1n) is 12.2. The number of rotatable bonds is 4. The van der Waals surface area contributed by atoms with E-state index in [1.54, 1.807) is 11.8 Å². The number of aromatic nitrogens is 1. The summed E-state index contributed by atoms with van der Waals surface area (Å²) >= 11 is 6.31. The highest BCUT2D eigenvalue weighted by molar-refractivity contribution is 6.31. The minimum Gasteiger partial charge on any atom is -0.490 e. The van der Waals surface area contributed by atoms with Gasteiger partial charge in [0.2, 0.25) is 0 Å². The third kappa shape index (κ3) is 4.84. The number of piperidine rings is 1. The molecule has 182 valence electrons. The van der Waals surface area contributed by atoms with E-state index in [0.717, 1.165) is 65.8 Å². The van der Waals surface area contributed by atoms with Crippen molar-refractivity contribution in [1.29, 1.82) is 0 Å². The fourth-order valence-electron chi connectivity index (χ4n) is 5.12. The molecule has 3 heterocycles. The molecular formula is C28H30ClN3O3. The number of aromatic amines is 1. The van der Waals surface area contributed by atoms with Gasteiger partial charge in [0.15, 0.2) is 6.61 Å². The molecule has 5 rings (SSSR count). The van der Waals surface area contributed by atoms with E-state index in [0.29, 0.717) is 11.6 Å². The maximum atomic E-state index is 13.1. The Labute approximate surface area is 210 Å². The fourth-order valence-corrected chi connectivity index (χ4v) is 5.30. The van der Waals surface area contributed by atoms with Gasteiger partial charge in [0.25, 0.3) is 0 Å². The Hall–Kier alpha value is -3.14. The van der Waals surface area contributed by atoms with Gasteiger partial charge in [-0.3, -0.25) is 4.90 Å². The second kappa shape index (κ2) is 10.2. The molecule has 0 aliphatic carbocycles. The number of nitrogens with zero attached hydrogens (tertiary/aromatic N) is 1. The second-order valence-electron chi connectivity index (χ2n) is 9.13. The van der Waals surface area contributed by atoms with Gasteiger partial charge < -0.3 is 19.8 Å². The number of amides is 1. The van der Waals surface area contributed by atoms with Crippen LogP contribution in [0.15, 0.2) is 36.4 Å². The summed E-state index contributed by atoms with van der Waals surface area (Å²) in [6, 6.07) is 11.8. The number of aryl methyl sites for hydroxylation is 1. The smallest absolute Gasteiger partial charge is 0.411 e. The van der Waals surface area contributed by atoms with Crippen LogP contribution < -0.4 is 10.1 Å². The van der Waals surface area contributed by atoms with Gasteiger partial charge >= 0.3 is 6.09 Å². The molecule has 0 spiro atoms. The number of H-pyrrole nitrogens is 1. The third-order valence-corrected chi connectivity index (χ3v) is 7.10. The van der Waals surface area contributed by atoms with Crippen molar-refractivity contribution in [3.63, 3.8) is 0 Å². The van der Waals surface area contributed by atoms with Crippen LogP contribution in [0, 0.1) is 18.8 Å². The molecule has 35 heavy (non-hydrogen) atoms. The number of halogens is 1. The number of carbonyl (C=O) groups is 1. The number of nitrogens with one attached hydrogen (secondary N) is 2. The number of fused-ring (bicyclic) bond motifs is 3. The Kier molecular flexibility index (Phi) is 6.90. The van der Waals surface area contributed by atoms with Crippen LogP contribution >= 0.6 is 11.6 Å². The fraction of sp³-hybridized carbons (Fsp3) is 0.393.